The molecule has 23 heavy (non-hydrogen) atoms. The van der Waals surface area contributed by atoms with Crippen molar-refractivity contribution >= 4 is 0 Å². The second kappa shape index (κ2) is 6.71. The Labute approximate surface area is 136 Å². The van der Waals surface area contributed by atoms with Crippen LogP contribution in [0.2, 0.25) is 0 Å². The molecule has 118 valence electrons. The second-order valence-electron chi connectivity index (χ2n) is 5.71. The number of nitrogens with one attached hydrogen (secondary N) is 2. The number of nitrogens with zero attached hydrogens (tertiary/aromatic N) is 3. The Bertz CT molecular complexity index is 779. The highest BCUT2D eigenvalue weighted by atomic mass is 15.1. The molecule has 0 bridgehead atoms. The van der Waals surface area contributed by atoms with E-state index >= 15 is 0 Å². The first-order chi connectivity index (χ1) is 11.1. The van der Waals surface area contributed by atoms with Crippen molar-refractivity contribution in [3.8, 4) is 11.3 Å². The lowest BCUT2D eigenvalue weighted by Gasteiger charge is -2.15. The van der Waals surface area contributed by atoms with E-state index < -0.39 is 0 Å². The van der Waals surface area contributed by atoms with Crippen LogP contribution in [0, 0.1) is 13.8 Å². The van der Waals surface area contributed by atoms with E-state index in [9.17, 15) is 0 Å². The number of H-pyrrole nitrogens is 1. The molecule has 0 aliphatic rings. The molecule has 0 fully saturated rings. The zero-order valence-electron chi connectivity index (χ0n) is 13.7. The Kier molecular flexibility index (Phi) is 4.48. The Morgan fingerprint density at radius 3 is 2.70 bits per heavy atom. The summed E-state index contributed by atoms with van der Waals surface area (Å²) in [6, 6.07) is 12.4. The average molecular weight is 307 g/mol. The molecule has 0 saturated carbocycles. The average Bonchev–Trinajstić information content (AvgIpc) is 3.02. The van der Waals surface area contributed by atoms with Gasteiger partial charge in [-0.2, -0.15) is 5.10 Å². The Morgan fingerprint density at radius 2 is 1.96 bits per heavy atom. The monoisotopic (exact) mass is 307 g/mol. The van der Waals surface area contributed by atoms with Gasteiger partial charge in [-0.15, -0.1) is 0 Å². The summed E-state index contributed by atoms with van der Waals surface area (Å²) >= 11 is 0. The third-order valence-corrected chi connectivity index (χ3v) is 3.90. The van der Waals surface area contributed by atoms with Crippen LogP contribution in [0.1, 0.15) is 35.7 Å². The van der Waals surface area contributed by atoms with Gasteiger partial charge in [-0.05, 0) is 26.8 Å². The number of rotatable bonds is 5. The van der Waals surface area contributed by atoms with Crippen LogP contribution in [-0.2, 0) is 6.54 Å². The minimum atomic E-state index is 0.180. The number of aryl methyl sites for hydroxylation is 2. The lowest BCUT2D eigenvalue weighted by molar-refractivity contribution is 0.559. The van der Waals surface area contributed by atoms with Crippen molar-refractivity contribution in [1.29, 1.82) is 0 Å². The molecule has 2 N–H and O–H groups in total. The molecule has 0 spiro atoms. The third kappa shape index (κ3) is 3.63. The maximum Gasteiger partial charge on any atom is 0.125 e. The number of aromatic nitrogens is 4. The van der Waals surface area contributed by atoms with Crippen molar-refractivity contribution in [1.82, 2.24) is 25.5 Å². The molecule has 1 unspecified atom stereocenters. The van der Waals surface area contributed by atoms with Gasteiger partial charge in [0.25, 0.3) is 0 Å². The number of hydrogen-bond donors (Lipinski definition) is 2. The van der Waals surface area contributed by atoms with E-state index in [2.05, 4.69) is 50.6 Å². The molecule has 5 heteroatoms. The minimum Gasteiger partial charge on any atom is -0.304 e. The van der Waals surface area contributed by atoms with E-state index in [0.717, 1.165) is 34.0 Å². The molecule has 3 rings (SSSR count). The summed E-state index contributed by atoms with van der Waals surface area (Å²) in [6.45, 7) is 6.76. The fraction of sp³-hybridized carbons (Fsp3) is 0.278. The lowest BCUT2D eigenvalue weighted by Crippen LogP contribution is -2.20. The zero-order valence-corrected chi connectivity index (χ0v) is 13.7. The molecule has 1 atom stereocenters. The quantitative estimate of drug-likeness (QED) is 0.758. The van der Waals surface area contributed by atoms with Crippen LogP contribution in [0.5, 0.6) is 0 Å². The third-order valence-electron chi connectivity index (χ3n) is 3.90. The molecule has 0 saturated heterocycles. The van der Waals surface area contributed by atoms with Gasteiger partial charge >= 0.3 is 0 Å². The molecule has 3 aromatic rings. The summed E-state index contributed by atoms with van der Waals surface area (Å²) in [6.07, 6.45) is 1.90. The van der Waals surface area contributed by atoms with Gasteiger partial charge in [0.2, 0.25) is 0 Å². The van der Waals surface area contributed by atoms with Crippen molar-refractivity contribution < 1.29 is 0 Å². The lowest BCUT2D eigenvalue weighted by atomic mass is 10.1. The SMILES string of the molecule is Cc1ncc(C(C)NCc2cc(-c3ccccc3)n[nH]2)c(C)n1. The van der Waals surface area contributed by atoms with Crippen LogP contribution in [0.15, 0.2) is 42.6 Å². The number of aromatic amines is 1. The van der Waals surface area contributed by atoms with E-state index in [1.807, 2.05) is 38.2 Å². The van der Waals surface area contributed by atoms with Crippen LogP contribution in [0.25, 0.3) is 11.3 Å². The Morgan fingerprint density at radius 1 is 1.17 bits per heavy atom. The first-order valence-electron chi connectivity index (χ1n) is 7.76. The predicted octanol–water partition coefficient (Wildman–Crippen LogP) is 3.33. The van der Waals surface area contributed by atoms with Crippen LogP contribution < -0.4 is 5.32 Å². The summed E-state index contributed by atoms with van der Waals surface area (Å²) in [7, 11) is 0. The van der Waals surface area contributed by atoms with E-state index in [4.69, 9.17) is 0 Å². The van der Waals surface area contributed by atoms with Gasteiger partial charge in [0.15, 0.2) is 0 Å². The van der Waals surface area contributed by atoms with Gasteiger partial charge in [0.05, 0.1) is 5.69 Å². The van der Waals surface area contributed by atoms with Gasteiger partial charge in [0, 0.05) is 41.3 Å². The minimum absolute atomic E-state index is 0.180. The molecule has 0 aliphatic carbocycles. The summed E-state index contributed by atoms with van der Waals surface area (Å²) in [4.78, 5) is 8.71. The van der Waals surface area contributed by atoms with Crippen molar-refractivity contribution in [2.45, 2.75) is 33.4 Å². The van der Waals surface area contributed by atoms with Crippen LogP contribution in [0.3, 0.4) is 0 Å². The van der Waals surface area contributed by atoms with Crippen molar-refractivity contribution in [3.05, 3.63) is 65.4 Å². The largest absolute Gasteiger partial charge is 0.304 e. The normalized spacial score (nSPS) is 12.3. The topological polar surface area (TPSA) is 66.5 Å². The fourth-order valence-electron chi connectivity index (χ4n) is 2.60. The standard InChI is InChI=1S/C18H21N5/c1-12(17-11-20-14(3)21-13(17)2)19-10-16-9-18(23-22-16)15-7-5-4-6-8-15/h4-9,11-12,19H,10H2,1-3H3,(H,22,23). The highest BCUT2D eigenvalue weighted by Crippen LogP contribution is 2.18. The molecule has 0 radical (unpaired) electrons. The number of hydrogen-bond acceptors (Lipinski definition) is 4. The fourth-order valence-corrected chi connectivity index (χ4v) is 2.60. The molecular formula is C18H21N5. The second-order valence-corrected chi connectivity index (χ2v) is 5.71. The van der Waals surface area contributed by atoms with E-state index in [0.29, 0.717) is 6.54 Å². The number of benzene rings is 1. The molecule has 1 aromatic carbocycles. The van der Waals surface area contributed by atoms with Crippen molar-refractivity contribution in [2.24, 2.45) is 0 Å². The van der Waals surface area contributed by atoms with E-state index in [-0.39, 0.29) is 6.04 Å². The first-order valence-corrected chi connectivity index (χ1v) is 7.76. The summed E-state index contributed by atoms with van der Waals surface area (Å²) in [5, 5.41) is 11.0. The first kappa shape index (κ1) is 15.4. The summed E-state index contributed by atoms with van der Waals surface area (Å²) < 4.78 is 0. The molecule has 5 nitrogen and oxygen atoms in total. The van der Waals surface area contributed by atoms with Gasteiger partial charge in [-0.25, -0.2) is 9.97 Å². The van der Waals surface area contributed by atoms with E-state index in [1.54, 1.807) is 0 Å². The van der Waals surface area contributed by atoms with Gasteiger partial charge < -0.3 is 5.32 Å². The summed E-state index contributed by atoms with van der Waals surface area (Å²) in [5.41, 5.74) is 5.28. The smallest absolute Gasteiger partial charge is 0.125 e. The van der Waals surface area contributed by atoms with Crippen molar-refractivity contribution in [3.63, 3.8) is 0 Å². The molecule has 2 heterocycles. The molecule has 0 amide bonds. The van der Waals surface area contributed by atoms with Crippen LogP contribution >= 0.6 is 0 Å². The maximum absolute atomic E-state index is 4.42. The molecule has 0 aliphatic heterocycles. The molecular weight excluding hydrogens is 286 g/mol. The van der Waals surface area contributed by atoms with Gasteiger partial charge in [-0.3, -0.25) is 5.10 Å². The zero-order chi connectivity index (χ0) is 16.2. The predicted molar refractivity (Wildman–Crippen MR) is 90.8 cm³/mol. The van der Waals surface area contributed by atoms with Crippen LogP contribution in [0.4, 0.5) is 0 Å². The van der Waals surface area contributed by atoms with Gasteiger partial charge in [0.1, 0.15) is 5.82 Å². The van der Waals surface area contributed by atoms with Gasteiger partial charge in [-0.1, -0.05) is 30.3 Å². The van der Waals surface area contributed by atoms with E-state index in [1.165, 1.54) is 0 Å². The highest BCUT2D eigenvalue weighted by Gasteiger charge is 2.11. The van der Waals surface area contributed by atoms with Crippen LogP contribution in [-0.4, -0.2) is 20.2 Å². The highest BCUT2D eigenvalue weighted by molar-refractivity contribution is 5.58. The summed E-state index contributed by atoms with van der Waals surface area (Å²) in [5.74, 6) is 0.805. The van der Waals surface area contributed by atoms with Crippen molar-refractivity contribution in [2.75, 3.05) is 0 Å². The maximum atomic E-state index is 4.42. The Balaban J connectivity index is 1.65. The molecule has 2 aromatic heterocycles. The Hall–Kier alpha value is -2.53.